The van der Waals surface area contributed by atoms with Crippen LogP contribution < -0.4 is 5.32 Å². The van der Waals surface area contributed by atoms with E-state index in [9.17, 15) is 9.90 Å². The Hall–Kier alpha value is -3.80. The summed E-state index contributed by atoms with van der Waals surface area (Å²) in [5.74, 6) is -0.123. The molecule has 0 saturated carbocycles. The smallest absolute Gasteiger partial charge is 0.256 e. The summed E-state index contributed by atoms with van der Waals surface area (Å²) in [5, 5.41) is 13.0. The zero-order valence-corrected chi connectivity index (χ0v) is 13.6. The molecular formula is C20H14N4O2. The lowest BCUT2D eigenvalue weighted by molar-refractivity contribution is 0.102. The number of nitrogens with zero attached hydrogens (tertiary/aromatic N) is 3. The lowest BCUT2D eigenvalue weighted by atomic mass is 10.1. The van der Waals surface area contributed by atoms with Gasteiger partial charge in [0, 0.05) is 23.5 Å². The number of amides is 1. The van der Waals surface area contributed by atoms with Gasteiger partial charge in [-0.05, 0) is 36.4 Å². The van der Waals surface area contributed by atoms with Gasteiger partial charge in [-0.15, -0.1) is 0 Å². The molecule has 2 aromatic carbocycles. The molecule has 2 N–H and O–H groups in total. The molecule has 0 unspecified atom stereocenters. The van der Waals surface area contributed by atoms with Gasteiger partial charge in [0.2, 0.25) is 0 Å². The van der Waals surface area contributed by atoms with Crippen LogP contribution in [0.2, 0.25) is 0 Å². The van der Waals surface area contributed by atoms with E-state index in [-0.39, 0.29) is 11.7 Å². The van der Waals surface area contributed by atoms with E-state index < -0.39 is 0 Å². The summed E-state index contributed by atoms with van der Waals surface area (Å²) < 4.78 is 0. The Morgan fingerprint density at radius 3 is 2.54 bits per heavy atom. The van der Waals surface area contributed by atoms with Crippen LogP contribution in [-0.2, 0) is 0 Å². The molecule has 4 rings (SSSR count). The summed E-state index contributed by atoms with van der Waals surface area (Å²) in [7, 11) is 0. The number of benzene rings is 2. The van der Waals surface area contributed by atoms with E-state index in [2.05, 4.69) is 20.3 Å². The third-order valence-electron chi connectivity index (χ3n) is 3.91. The van der Waals surface area contributed by atoms with Crippen molar-refractivity contribution >= 4 is 22.5 Å². The summed E-state index contributed by atoms with van der Waals surface area (Å²) >= 11 is 0. The molecule has 0 aliphatic carbocycles. The molecule has 1 amide bonds. The number of anilines is 1. The predicted octanol–water partition coefficient (Wildman–Crippen LogP) is 3.65. The fourth-order valence-corrected chi connectivity index (χ4v) is 2.67. The number of carbonyl (C=O) groups is 1. The van der Waals surface area contributed by atoms with Crippen LogP contribution in [0.3, 0.4) is 0 Å². The van der Waals surface area contributed by atoms with Gasteiger partial charge in [0.25, 0.3) is 5.91 Å². The number of aromatic nitrogens is 3. The van der Waals surface area contributed by atoms with Gasteiger partial charge in [-0.3, -0.25) is 14.8 Å². The van der Waals surface area contributed by atoms with Gasteiger partial charge in [-0.1, -0.05) is 18.2 Å². The normalized spacial score (nSPS) is 10.6. The molecule has 2 aromatic heterocycles. The van der Waals surface area contributed by atoms with Crippen molar-refractivity contribution in [2.45, 2.75) is 0 Å². The summed E-state index contributed by atoms with van der Waals surface area (Å²) in [4.78, 5) is 25.8. The van der Waals surface area contributed by atoms with E-state index in [0.29, 0.717) is 28.2 Å². The van der Waals surface area contributed by atoms with Gasteiger partial charge in [-0.2, -0.15) is 0 Å². The van der Waals surface area contributed by atoms with Crippen molar-refractivity contribution in [2.75, 3.05) is 5.32 Å². The van der Waals surface area contributed by atoms with Gasteiger partial charge in [0.15, 0.2) is 0 Å². The number of para-hydroxylation sites is 1. The van der Waals surface area contributed by atoms with Gasteiger partial charge in [0.05, 0.1) is 23.0 Å². The first-order valence-electron chi connectivity index (χ1n) is 7.97. The van der Waals surface area contributed by atoms with Crippen molar-refractivity contribution < 1.29 is 9.90 Å². The van der Waals surface area contributed by atoms with Crippen molar-refractivity contribution in [1.29, 1.82) is 0 Å². The first kappa shape index (κ1) is 15.7. The maximum Gasteiger partial charge on any atom is 0.256 e. The van der Waals surface area contributed by atoms with Crippen molar-refractivity contribution in [3.8, 4) is 17.1 Å². The fourth-order valence-electron chi connectivity index (χ4n) is 2.67. The van der Waals surface area contributed by atoms with E-state index in [1.54, 1.807) is 36.8 Å². The molecule has 6 nitrogen and oxygen atoms in total. The molecule has 2 heterocycles. The lowest BCUT2D eigenvalue weighted by Crippen LogP contribution is -2.13. The van der Waals surface area contributed by atoms with Gasteiger partial charge in [-0.25, -0.2) is 4.98 Å². The summed E-state index contributed by atoms with van der Waals surface area (Å²) in [6, 6.07) is 15.5. The molecule has 0 spiro atoms. The molecule has 0 fully saturated rings. The number of carbonyl (C=O) groups excluding carboxylic acids is 1. The predicted molar refractivity (Wildman–Crippen MR) is 98.8 cm³/mol. The molecule has 0 bridgehead atoms. The molecule has 0 atom stereocenters. The van der Waals surface area contributed by atoms with E-state index in [4.69, 9.17) is 0 Å². The molecular weight excluding hydrogens is 328 g/mol. The maximum atomic E-state index is 12.9. The van der Waals surface area contributed by atoms with Crippen molar-refractivity contribution in [3.05, 3.63) is 78.8 Å². The van der Waals surface area contributed by atoms with Crippen LogP contribution >= 0.6 is 0 Å². The van der Waals surface area contributed by atoms with Crippen molar-refractivity contribution in [1.82, 2.24) is 15.0 Å². The van der Waals surface area contributed by atoms with Crippen LogP contribution in [0.15, 0.2) is 73.2 Å². The quantitative estimate of drug-likeness (QED) is 0.555. The molecule has 26 heavy (non-hydrogen) atoms. The van der Waals surface area contributed by atoms with Crippen LogP contribution in [0.5, 0.6) is 5.75 Å². The number of hydrogen-bond donors (Lipinski definition) is 2. The monoisotopic (exact) mass is 342 g/mol. The Kier molecular flexibility index (Phi) is 3.99. The van der Waals surface area contributed by atoms with Crippen LogP contribution in [0, 0.1) is 0 Å². The summed E-state index contributed by atoms with van der Waals surface area (Å²) in [6.45, 7) is 0. The Bertz CT molecular complexity index is 1080. The molecule has 0 saturated heterocycles. The van der Waals surface area contributed by atoms with E-state index >= 15 is 0 Å². The number of nitrogens with one attached hydrogen (secondary N) is 1. The number of pyridine rings is 1. The highest BCUT2D eigenvalue weighted by atomic mass is 16.3. The SMILES string of the molecule is O=C(Nc1ccc(O)cc1)c1cc(-c2cnccn2)nc2ccccc12. The Morgan fingerprint density at radius 2 is 1.77 bits per heavy atom. The maximum absolute atomic E-state index is 12.9. The highest BCUT2D eigenvalue weighted by molar-refractivity contribution is 6.13. The first-order chi connectivity index (χ1) is 12.7. The zero-order valence-electron chi connectivity index (χ0n) is 13.6. The fraction of sp³-hybridized carbons (Fsp3) is 0. The van der Waals surface area contributed by atoms with Crippen molar-refractivity contribution in [3.63, 3.8) is 0 Å². The van der Waals surface area contributed by atoms with Gasteiger partial charge >= 0.3 is 0 Å². The molecule has 4 aromatic rings. The number of phenolic OH excluding ortho intramolecular Hbond substituents is 1. The number of rotatable bonds is 3. The minimum Gasteiger partial charge on any atom is -0.508 e. The second kappa shape index (κ2) is 6.60. The van der Waals surface area contributed by atoms with Crippen LogP contribution in [0.25, 0.3) is 22.3 Å². The highest BCUT2D eigenvalue weighted by Gasteiger charge is 2.14. The third kappa shape index (κ3) is 3.08. The van der Waals surface area contributed by atoms with E-state index in [1.165, 1.54) is 12.1 Å². The third-order valence-corrected chi connectivity index (χ3v) is 3.91. The Morgan fingerprint density at radius 1 is 0.962 bits per heavy atom. The molecule has 126 valence electrons. The standard InChI is InChI=1S/C20H14N4O2/c25-14-7-5-13(6-8-14)23-20(26)16-11-18(19-12-21-9-10-22-19)24-17-4-2-1-3-15(16)17/h1-12,25H,(H,23,26). The van der Waals surface area contributed by atoms with Gasteiger partial charge < -0.3 is 10.4 Å². The summed E-state index contributed by atoms with van der Waals surface area (Å²) in [5.41, 5.74) is 2.95. The average molecular weight is 342 g/mol. The molecule has 0 aliphatic heterocycles. The molecule has 6 heteroatoms. The minimum atomic E-state index is -0.264. The Balaban J connectivity index is 1.79. The largest absolute Gasteiger partial charge is 0.508 e. The second-order valence-corrected chi connectivity index (χ2v) is 5.66. The van der Waals surface area contributed by atoms with Gasteiger partial charge in [0.1, 0.15) is 11.4 Å². The topological polar surface area (TPSA) is 88.0 Å². The Labute approximate surface area is 149 Å². The van der Waals surface area contributed by atoms with Crippen LogP contribution in [0.1, 0.15) is 10.4 Å². The van der Waals surface area contributed by atoms with Crippen LogP contribution in [0.4, 0.5) is 5.69 Å². The van der Waals surface area contributed by atoms with E-state index in [1.807, 2.05) is 24.3 Å². The summed E-state index contributed by atoms with van der Waals surface area (Å²) in [6.07, 6.45) is 4.78. The molecule has 0 radical (unpaired) electrons. The average Bonchev–Trinajstić information content (AvgIpc) is 2.69. The minimum absolute atomic E-state index is 0.141. The van der Waals surface area contributed by atoms with E-state index in [0.717, 1.165) is 5.39 Å². The van der Waals surface area contributed by atoms with Crippen molar-refractivity contribution in [2.24, 2.45) is 0 Å². The first-order valence-corrected chi connectivity index (χ1v) is 7.97. The zero-order chi connectivity index (χ0) is 17.9. The second-order valence-electron chi connectivity index (χ2n) is 5.66. The number of aromatic hydroxyl groups is 1. The number of fused-ring (bicyclic) bond motifs is 1. The number of phenols is 1. The lowest BCUT2D eigenvalue weighted by Gasteiger charge is -2.10. The van der Waals surface area contributed by atoms with Crippen LogP contribution in [-0.4, -0.2) is 26.0 Å². The highest BCUT2D eigenvalue weighted by Crippen LogP contribution is 2.24. The number of hydrogen-bond acceptors (Lipinski definition) is 5. The molecule has 0 aliphatic rings.